The van der Waals surface area contributed by atoms with E-state index in [0.29, 0.717) is 6.42 Å². The second-order valence-electron chi connectivity index (χ2n) is 11.6. The molecule has 1 unspecified atom stereocenters. The molecule has 33 heavy (non-hydrogen) atoms. The topological polar surface area (TPSA) is 57.5 Å². The number of carboxylic acids is 1. The standard InChI is InChI=1S/C29H59NO3/c1-5-6-7-8-9-10-11-12-13-14-15-16-19-22-25-29(2,33)27-30(3,4)26-23-20-17-18-21-24-28(31)32/h33H,5-27H2,1-4H3/p+1. The van der Waals surface area contributed by atoms with Crippen molar-refractivity contribution in [3.8, 4) is 0 Å². The third kappa shape index (κ3) is 24.3. The van der Waals surface area contributed by atoms with E-state index < -0.39 is 11.6 Å². The van der Waals surface area contributed by atoms with E-state index in [1.165, 1.54) is 83.5 Å². The fourth-order valence-electron chi connectivity index (χ4n) is 5.13. The number of likely N-dealkylation sites (N-methyl/N-ethyl adjacent to an activating group) is 1. The molecule has 0 aromatic rings. The lowest BCUT2D eigenvalue weighted by atomic mass is 9.96. The second-order valence-corrected chi connectivity index (χ2v) is 11.6. The Bertz CT molecular complexity index is 448. The molecule has 0 aliphatic rings. The summed E-state index contributed by atoms with van der Waals surface area (Å²) in [5.74, 6) is -0.686. The molecule has 0 radical (unpaired) electrons. The lowest BCUT2D eigenvalue weighted by molar-refractivity contribution is -0.896. The lowest BCUT2D eigenvalue weighted by Gasteiger charge is -2.36. The number of aliphatic carboxylic acids is 1. The molecule has 0 saturated carbocycles. The van der Waals surface area contributed by atoms with Gasteiger partial charge in [-0.1, -0.05) is 110 Å². The normalized spacial score (nSPS) is 13.8. The fraction of sp³-hybridized carbons (Fsp3) is 0.966. The molecular formula is C29H60NO3+. The van der Waals surface area contributed by atoms with Gasteiger partial charge in [-0.25, -0.2) is 0 Å². The summed E-state index contributed by atoms with van der Waals surface area (Å²) in [6.45, 7) is 6.18. The van der Waals surface area contributed by atoms with Crippen molar-refractivity contribution in [1.82, 2.24) is 0 Å². The molecule has 0 bridgehead atoms. The Morgan fingerprint density at radius 1 is 0.667 bits per heavy atom. The summed E-state index contributed by atoms with van der Waals surface area (Å²) >= 11 is 0. The zero-order valence-corrected chi connectivity index (χ0v) is 23.0. The first-order valence-corrected chi connectivity index (χ1v) is 14.4. The summed E-state index contributed by atoms with van der Waals surface area (Å²) < 4.78 is 0.862. The van der Waals surface area contributed by atoms with Crippen molar-refractivity contribution in [3.05, 3.63) is 0 Å². The van der Waals surface area contributed by atoms with Gasteiger partial charge in [0.05, 0.1) is 20.6 Å². The molecule has 0 rings (SSSR count). The van der Waals surface area contributed by atoms with E-state index in [2.05, 4.69) is 21.0 Å². The Morgan fingerprint density at radius 3 is 1.52 bits per heavy atom. The Labute approximate surface area is 207 Å². The van der Waals surface area contributed by atoms with E-state index >= 15 is 0 Å². The van der Waals surface area contributed by atoms with Gasteiger partial charge < -0.3 is 14.7 Å². The largest absolute Gasteiger partial charge is 0.481 e. The molecule has 0 aromatic heterocycles. The van der Waals surface area contributed by atoms with Crippen LogP contribution in [-0.4, -0.2) is 53.5 Å². The van der Waals surface area contributed by atoms with Crippen molar-refractivity contribution in [3.63, 3.8) is 0 Å². The molecular weight excluding hydrogens is 410 g/mol. The van der Waals surface area contributed by atoms with Crippen LogP contribution >= 0.6 is 0 Å². The predicted octanol–water partition coefficient (Wildman–Crippen LogP) is 8.11. The summed E-state index contributed by atoms with van der Waals surface area (Å²) in [5.41, 5.74) is -0.581. The molecule has 4 heteroatoms. The zero-order valence-electron chi connectivity index (χ0n) is 23.0. The molecule has 0 aliphatic carbocycles. The maximum Gasteiger partial charge on any atom is 0.303 e. The molecule has 1 atom stereocenters. The van der Waals surface area contributed by atoms with Gasteiger partial charge in [0.2, 0.25) is 0 Å². The molecule has 0 saturated heterocycles. The van der Waals surface area contributed by atoms with Gasteiger partial charge in [-0.2, -0.15) is 0 Å². The van der Waals surface area contributed by atoms with Gasteiger partial charge in [-0.3, -0.25) is 4.79 Å². The van der Waals surface area contributed by atoms with E-state index in [9.17, 15) is 9.90 Å². The van der Waals surface area contributed by atoms with E-state index in [1.807, 2.05) is 6.92 Å². The number of aliphatic hydroxyl groups is 1. The molecule has 0 aliphatic heterocycles. The highest BCUT2D eigenvalue weighted by Crippen LogP contribution is 2.20. The molecule has 198 valence electrons. The molecule has 2 N–H and O–H groups in total. The molecule has 0 heterocycles. The van der Waals surface area contributed by atoms with E-state index in [4.69, 9.17) is 5.11 Å². The zero-order chi connectivity index (χ0) is 24.8. The fourth-order valence-corrected chi connectivity index (χ4v) is 5.13. The molecule has 0 fully saturated rings. The number of hydrogen-bond donors (Lipinski definition) is 2. The van der Waals surface area contributed by atoms with E-state index in [0.717, 1.165) is 62.5 Å². The number of nitrogens with zero attached hydrogens (tertiary/aromatic N) is 1. The monoisotopic (exact) mass is 470 g/mol. The highest BCUT2D eigenvalue weighted by Gasteiger charge is 2.29. The number of carboxylic acid groups (broad SMARTS) is 1. The predicted molar refractivity (Wildman–Crippen MR) is 143 cm³/mol. The van der Waals surface area contributed by atoms with Gasteiger partial charge in [0, 0.05) is 6.42 Å². The van der Waals surface area contributed by atoms with Crippen LogP contribution in [0.4, 0.5) is 0 Å². The number of unbranched alkanes of at least 4 members (excludes halogenated alkanes) is 17. The van der Waals surface area contributed by atoms with E-state index in [-0.39, 0.29) is 0 Å². The van der Waals surface area contributed by atoms with Crippen molar-refractivity contribution < 1.29 is 19.5 Å². The first-order valence-electron chi connectivity index (χ1n) is 14.4. The van der Waals surface area contributed by atoms with Crippen molar-refractivity contribution in [1.29, 1.82) is 0 Å². The summed E-state index contributed by atoms with van der Waals surface area (Å²) in [5, 5.41) is 19.6. The minimum Gasteiger partial charge on any atom is -0.481 e. The van der Waals surface area contributed by atoms with Gasteiger partial charge >= 0.3 is 5.97 Å². The maximum absolute atomic E-state index is 10.9. The second kappa shape index (κ2) is 20.7. The van der Waals surface area contributed by atoms with Crippen molar-refractivity contribution in [2.75, 3.05) is 27.2 Å². The van der Waals surface area contributed by atoms with Crippen molar-refractivity contribution in [2.45, 2.75) is 154 Å². The van der Waals surface area contributed by atoms with Gasteiger partial charge in [-0.05, 0) is 32.6 Å². The Morgan fingerprint density at radius 2 is 1.06 bits per heavy atom. The van der Waals surface area contributed by atoms with Crippen molar-refractivity contribution in [2.24, 2.45) is 0 Å². The van der Waals surface area contributed by atoms with Crippen LogP contribution < -0.4 is 0 Å². The van der Waals surface area contributed by atoms with Gasteiger partial charge in [0.25, 0.3) is 0 Å². The van der Waals surface area contributed by atoms with Gasteiger partial charge in [0.1, 0.15) is 12.1 Å². The molecule has 0 aromatic carbocycles. The van der Waals surface area contributed by atoms with Gasteiger partial charge in [-0.15, -0.1) is 0 Å². The van der Waals surface area contributed by atoms with Crippen LogP contribution in [-0.2, 0) is 4.79 Å². The Hall–Kier alpha value is -0.610. The number of quaternary nitrogens is 1. The first kappa shape index (κ1) is 32.4. The quantitative estimate of drug-likeness (QED) is 0.105. The number of hydrogen-bond acceptors (Lipinski definition) is 2. The highest BCUT2D eigenvalue weighted by molar-refractivity contribution is 5.66. The van der Waals surface area contributed by atoms with Gasteiger partial charge in [0.15, 0.2) is 0 Å². The molecule has 0 amide bonds. The Balaban J connectivity index is 3.61. The summed E-state index contributed by atoms with van der Waals surface area (Å²) in [4.78, 5) is 10.5. The summed E-state index contributed by atoms with van der Waals surface area (Å²) in [7, 11) is 4.45. The SMILES string of the molecule is CCCCCCCCCCCCCCCCC(C)(O)C[N+](C)(C)CCCCCCCC(=O)O. The average Bonchev–Trinajstić information content (AvgIpc) is 2.72. The summed E-state index contributed by atoms with van der Waals surface area (Å²) in [6.07, 6.45) is 25.6. The minimum absolute atomic E-state index is 0.295. The highest BCUT2D eigenvalue weighted by atomic mass is 16.4. The van der Waals surface area contributed by atoms with Crippen molar-refractivity contribution >= 4 is 5.97 Å². The van der Waals surface area contributed by atoms with Crippen LogP contribution in [0.15, 0.2) is 0 Å². The van der Waals surface area contributed by atoms with Crippen LogP contribution in [0.5, 0.6) is 0 Å². The number of carbonyl (C=O) groups is 1. The average molecular weight is 471 g/mol. The smallest absolute Gasteiger partial charge is 0.303 e. The number of rotatable bonds is 25. The molecule has 0 spiro atoms. The first-order chi connectivity index (χ1) is 15.7. The third-order valence-electron chi connectivity index (χ3n) is 6.99. The lowest BCUT2D eigenvalue weighted by Crippen LogP contribution is -2.50. The van der Waals surface area contributed by atoms with Crippen LogP contribution in [0.1, 0.15) is 149 Å². The molecule has 4 nitrogen and oxygen atoms in total. The third-order valence-corrected chi connectivity index (χ3v) is 6.99. The van der Waals surface area contributed by atoms with Crippen LogP contribution in [0.3, 0.4) is 0 Å². The summed E-state index contributed by atoms with van der Waals surface area (Å²) in [6, 6.07) is 0. The Kier molecular flexibility index (Phi) is 20.4. The maximum atomic E-state index is 10.9. The van der Waals surface area contributed by atoms with E-state index in [1.54, 1.807) is 0 Å². The minimum atomic E-state index is -0.686. The van der Waals surface area contributed by atoms with Crippen LogP contribution in [0.25, 0.3) is 0 Å². The van der Waals surface area contributed by atoms with Crippen LogP contribution in [0.2, 0.25) is 0 Å². The van der Waals surface area contributed by atoms with Crippen LogP contribution in [0, 0.1) is 0 Å².